The summed E-state index contributed by atoms with van der Waals surface area (Å²) in [4.78, 5) is 50.1. The zero-order valence-corrected chi connectivity index (χ0v) is 42.3. The number of ether oxygens (including phenoxy) is 4. The van der Waals surface area contributed by atoms with Gasteiger partial charge in [-0.1, -0.05) is 67.9 Å². The zero-order chi connectivity index (χ0) is 47.7. The van der Waals surface area contributed by atoms with Gasteiger partial charge in [0.1, 0.15) is 52.3 Å². The number of Topliss-reactive ketones (excluding diaryl/α,β-unsaturated/α-hetero) is 3. The largest absolute Gasteiger partial charge is 0.491 e. The summed E-state index contributed by atoms with van der Waals surface area (Å²) < 4.78 is 25.0. The minimum Gasteiger partial charge on any atom is -0.491 e. The fraction of sp³-hybridized carbons (Fsp3) is 0.377. The number of nitrogens with one attached hydrogen (secondary N) is 1. The predicted molar refractivity (Wildman–Crippen MR) is 276 cm³/mol. The first-order valence-corrected chi connectivity index (χ1v) is 24.4. The number of benzene rings is 3. The number of hydrogen-bond donors (Lipinski definition) is 1. The summed E-state index contributed by atoms with van der Waals surface area (Å²) in [5, 5.41) is 13.9. The Morgan fingerprint density at radius 3 is 2.23 bits per heavy atom. The number of anilines is 1. The quantitative estimate of drug-likeness (QED) is 0.0482. The molecule has 0 spiro atoms. The number of ketones is 3. The minimum absolute atomic E-state index is 0. The van der Waals surface area contributed by atoms with Crippen LogP contribution in [0.4, 0.5) is 5.82 Å². The lowest BCUT2D eigenvalue weighted by molar-refractivity contribution is -0.119. The number of halogens is 1. The predicted octanol–water partition coefficient (Wildman–Crippen LogP) is 9.61. The first-order chi connectivity index (χ1) is 32.9. The first kappa shape index (κ1) is 51.3. The van der Waals surface area contributed by atoms with Crippen molar-refractivity contribution in [2.75, 3.05) is 58.1 Å². The summed E-state index contributed by atoms with van der Waals surface area (Å²) in [5.41, 5.74) is 9.01. The van der Waals surface area contributed by atoms with Gasteiger partial charge in [-0.3, -0.25) is 23.9 Å². The highest BCUT2D eigenvalue weighted by atomic mass is 35.5. The van der Waals surface area contributed by atoms with Crippen LogP contribution in [-0.4, -0.2) is 95.6 Å². The van der Waals surface area contributed by atoms with Gasteiger partial charge in [-0.15, -0.1) is 21.5 Å². The van der Waals surface area contributed by atoms with Gasteiger partial charge in [0.05, 0.1) is 45.4 Å². The molecule has 0 saturated carbocycles. The molecule has 1 N–H and O–H groups in total. The van der Waals surface area contributed by atoms with Crippen LogP contribution in [-0.2, 0) is 43.1 Å². The third kappa shape index (κ3) is 12.8. The average Bonchev–Trinajstić information content (AvgIpc) is 3.96. The molecule has 0 radical (unpaired) electrons. The first-order valence-electron chi connectivity index (χ1n) is 23.2. The van der Waals surface area contributed by atoms with Crippen LogP contribution in [0.15, 0.2) is 83.9 Å². The average molecular weight is 992 g/mol. The molecule has 4 heterocycles. The number of thiophene rings is 1. The van der Waals surface area contributed by atoms with E-state index in [1.807, 2.05) is 99.6 Å². The second kappa shape index (κ2) is 23.8. The van der Waals surface area contributed by atoms with Gasteiger partial charge >= 0.3 is 0 Å². The van der Waals surface area contributed by atoms with Crippen molar-refractivity contribution in [2.24, 2.45) is 10.9 Å². The van der Waals surface area contributed by atoms with Gasteiger partial charge in [-0.25, -0.2) is 4.98 Å². The Balaban J connectivity index is 0.00000703. The fourth-order valence-corrected chi connectivity index (χ4v) is 9.79. The number of rotatable bonds is 23. The van der Waals surface area contributed by atoms with Crippen molar-refractivity contribution in [3.63, 3.8) is 0 Å². The van der Waals surface area contributed by atoms with Crippen LogP contribution in [0.25, 0.3) is 16.1 Å². The van der Waals surface area contributed by atoms with Crippen LogP contribution in [0.2, 0.25) is 5.02 Å². The molecule has 0 amide bonds. The van der Waals surface area contributed by atoms with E-state index in [0.29, 0.717) is 100 Å². The van der Waals surface area contributed by atoms with E-state index in [-0.39, 0.29) is 49.6 Å². The summed E-state index contributed by atoms with van der Waals surface area (Å²) in [6.07, 6.45) is 1.73. The molecule has 3 aromatic heterocycles. The summed E-state index contributed by atoms with van der Waals surface area (Å²) in [5.74, 6) is 3.16. The molecule has 16 heteroatoms. The SMILES string of the molecule is Cc1sc2c(c1C)C(c1ccc(Cl)cc1)=N[C@@H](CC(=O)Cc1ccc(OCCOCCOCCOCCNc3ccc(-c4ccc5c(c4)CC(=O)C5)c(C(=O)CC(C)C)n3)cc1)c1nnc(C)n1-2.S. The number of aryl methyl sites for hydroxylation is 2. The van der Waals surface area contributed by atoms with Crippen molar-refractivity contribution in [1.82, 2.24) is 19.7 Å². The van der Waals surface area contributed by atoms with Crippen LogP contribution < -0.4 is 10.1 Å². The van der Waals surface area contributed by atoms with Gasteiger partial charge in [-0.2, -0.15) is 13.5 Å². The van der Waals surface area contributed by atoms with E-state index in [0.717, 1.165) is 61.0 Å². The number of nitrogens with zero attached hydrogens (tertiary/aromatic N) is 5. The Morgan fingerprint density at radius 1 is 0.826 bits per heavy atom. The standard InChI is InChI=1S/C53H57ClN6O7S.H2S/c1-32(2)26-47(63)51-45(39-9-8-38-29-43(62)30-40(38)28-39)16-17-48(57-51)55-18-19-64-20-21-65-22-23-66-24-25-67-44-14-6-36(7-15-44)27-42(61)31-46-52-59-58-35(5)60(52)53-49(33(3)34(4)68-53)50(56-46)37-10-12-41(54)13-11-37;/h6-17,28,32,46H,18-27,29-31H2,1-5H3,(H,55,57);1H2/t46-;/m0./s1. The van der Waals surface area contributed by atoms with Crippen molar-refractivity contribution in [3.8, 4) is 21.9 Å². The zero-order valence-electron chi connectivity index (χ0n) is 39.7. The van der Waals surface area contributed by atoms with Gasteiger partial charge in [0.2, 0.25) is 0 Å². The number of hydrogen-bond acceptors (Lipinski definition) is 13. The normalized spacial score (nSPS) is 13.9. The Bertz CT molecular complexity index is 2810. The lowest BCUT2D eigenvalue weighted by Crippen LogP contribution is -2.16. The van der Waals surface area contributed by atoms with E-state index in [1.54, 1.807) is 11.3 Å². The van der Waals surface area contributed by atoms with E-state index in [4.69, 9.17) is 40.5 Å². The highest BCUT2D eigenvalue weighted by Crippen LogP contribution is 2.40. The molecule has 1 aliphatic heterocycles. The number of carbonyl (C=O) groups excluding carboxylic acids is 3. The molecule has 3 aromatic carbocycles. The molecule has 1 aliphatic carbocycles. The van der Waals surface area contributed by atoms with Crippen LogP contribution in [0.3, 0.4) is 0 Å². The maximum Gasteiger partial charge on any atom is 0.182 e. The second-order valence-corrected chi connectivity index (χ2v) is 19.2. The van der Waals surface area contributed by atoms with Gasteiger partial charge in [-0.05, 0) is 90.9 Å². The van der Waals surface area contributed by atoms with Gasteiger partial charge in [0.15, 0.2) is 11.6 Å². The van der Waals surface area contributed by atoms with E-state index in [1.165, 1.54) is 4.88 Å². The molecule has 2 aliphatic rings. The van der Waals surface area contributed by atoms with Gasteiger partial charge < -0.3 is 24.3 Å². The third-order valence-electron chi connectivity index (χ3n) is 11.9. The van der Waals surface area contributed by atoms with E-state index < -0.39 is 6.04 Å². The van der Waals surface area contributed by atoms with Crippen LogP contribution in [0, 0.1) is 26.7 Å². The molecular weight excluding hydrogens is 932 g/mol. The van der Waals surface area contributed by atoms with E-state index in [9.17, 15) is 14.4 Å². The lowest BCUT2D eigenvalue weighted by Gasteiger charge is -2.14. The van der Waals surface area contributed by atoms with Gasteiger partial charge in [0, 0.05) is 65.2 Å². The Labute approximate surface area is 419 Å². The van der Waals surface area contributed by atoms with Gasteiger partial charge in [0.25, 0.3) is 0 Å². The van der Waals surface area contributed by atoms with Crippen molar-refractivity contribution >= 4 is 65.3 Å². The molecular formula is C53H59ClN6O7S2. The molecule has 362 valence electrons. The molecule has 0 unspecified atom stereocenters. The van der Waals surface area contributed by atoms with E-state index in [2.05, 4.69) is 33.9 Å². The number of pyridine rings is 1. The number of aromatic nitrogens is 4. The highest BCUT2D eigenvalue weighted by Gasteiger charge is 2.32. The Kier molecular flexibility index (Phi) is 17.7. The number of carbonyl (C=O) groups is 3. The van der Waals surface area contributed by atoms with Crippen LogP contribution in [0.5, 0.6) is 5.75 Å². The maximum absolute atomic E-state index is 13.7. The summed E-state index contributed by atoms with van der Waals surface area (Å²) in [7, 11) is 0. The smallest absolute Gasteiger partial charge is 0.182 e. The number of fused-ring (bicyclic) bond motifs is 4. The second-order valence-electron chi connectivity index (χ2n) is 17.6. The minimum atomic E-state index is -0.515. The summed E-state index contributed by atoms with van der Waals surface area (Å²) in [6.45, 7) is 13.6. The molecule has 13 nitrogen and oxygen atoms in total. The maximum atomic E-state index is 13.7. The molecule has 8 rings (SSSR count). The lowest BCUT2D eigenvalue weighted by atomic mass is 9.95. The van der Waals surface area contributed by atoms with Crippen LogP contribution in [0.1, 0.15) is 93.1 Å². The summed E-state index contributed by atoms with van der Waals surface area (Å²) >= 11 is 7.94. The van der Waals surface area contributed by atoms with Crippen LogP contribution >= 0.6 is 36.4 Å². The Morgan fingerprint density at radius 2 is 1.51 bits per heavy atom. The van der Waals surface area contributed by atoms with Crippen molar-refractivity contribution in [3.05, 3.63) is 139 Å². The van der Waals surface area contributed by atoms with Crippen molar-refractivity contribution in [2.45, 2.75) is 72.8 Å². The Hall–Kier alpha value is -5.55. The molecule has 0 bridgehead atoms. The third-order valence-corrected chi connectivity index (χ3v) is 13.4. The molecule has 0 saturated heterocycles. The molecule has 1 atom stereocenters. The van der Waals surface area contributed by atoms with Crippen molar-refractivity contribution in [1.29, 1.82) is 0 Å². The summed E-state index contributed by atoms with van der Waals surface area (Å²) in [6, 6.07) is 24.5. The highest BCUT2D eigenvalue weighted by molar-refractivity contribution is 7.59. The number of aliphatic imine (C=N–C) groups is 1. The topological polar surface area (TPSA) is 156 Å². The van der Waals surface area contributed by atoms with Crippen molar-refractivity contribution < 1.29 is 33.3 Å². The fourth-order valence-electron chi connectivity index (χ4n) is 8.45. The molecule has 0 fully saturated rings. The van der Waals surface area contributed by atoms with E-state index >= 15 is 0 Å². The molecule has 6 aromatic rings. The molecule has 69 heavy (non-hydrogen) atoms. The monoisotopic (exact) mass is 990 g/mol.